The van der Waals surface area contributed by atoms with Gasteiger partial charge in [-0.3, -0.25) is 0 Å². The largest absolute Gasteiger partial charge is 0.416 e. The van der Waals surface area contributed by atoms with Crippen molar-refractivity contribution < 1.29 is 18.3 Å². The second-order valence-electron chi connectivity index (χ2n) is 3.78. The van der Waals surface area contributed by atoms with Crippen molar-refractivity contribution in [3.05, 3.63) is 47.0 Å². The van der Waals surface area contributed by atoms with Gasteiger partial charge < -0.3 is 10.4 Å². The Bertz CT molecular complexity index is 403. The van der Waals surface area contributed by atoms with Gasteiger partial charge in [-0.1, -0.05) is 30.3 Å². The minimum Gasteiger partial charge on any atom is -0.387 e. The summed E-state index contributed by atoms with van der Waals surface area (Å²) in [4.78, 5) is 0. The second-order valence-corrected chi connectivity index (χ2v) is 4.32. The lowest BCUT2D eigenvalue weighted by Crippen LogP contribution is -2.22. The van der Waals surface area contributed by atoms with Crippen molar-refractivity contribution in [1.82, 2.24) is 5.32 Å². The van der Waals surface area contributed by atoms with Crippen molar-refractivity contribution >= 4 is 11.6 Å². The molecule has 1 rings (SSSR count). The molecule has 0 spiro atoms. The second kappa shape index (κ2) is 6.22. The Morgan fingerprint density at radius 3 is 2.33 bits per heavy atom. The molecule has 0 saturated carbocycles. The number of halogens is 4. The fraction of sp³-hybridized carbons (Fsp3) is 0.333. The molecule has 0 aliphatic carbocycles. The summed E-state index contributed by atoms with van der Waals surface area (Å²) in [5.74, 6) is 0. The van der Waals surface area contributed by atoms with Gasteiger partial charge in [0.1, 0.15) is 0 Å². The highest BCUT2D eigenvalue weighted by Crippen LogP contribution is 2.29. The van der Waals surface area contributed by atoms with Crippen LogP contribution in [0.2, 0.25) is 0 Å². The lowest BCUT2D eigenvalue weighted by atomic mass is 10.1. The van der Waals surface area contributed by atoms with Crippen LogP contribution in [0.3, 0.4) is 0 Å². The first-order valence-electron chi connectivity index (χ1n) is 5.20. The van der Waals surface area contributed by atoms with Gasteiger partial charge in [0.05, 0.1) is 11.7 Å². The summed E-state index contributed by atoms with van der Waals surface area (Å²) in [5.41, 5.74) is -0.323. The SMILES string of the molecule is C=C(Cl)CNCC(O)c1ccc(C(F)(F)F)cc1. The average Bonchev–Trinajstić information content (AvgIpc) is 2.27. The molecule has 0 saturated heterocycles. The third kappa shape index (κ3) is 4.68. The maximum absolute atomic E-state index is 12.3. The molecular weight excluding hydrogens is 267 g/mol. The van der Waals surface area contributed by atoms with Gasteiger partial charge in [-0.25, -0.2) is 0 Å². The first-order chi connectivity index (χ1) is 8.30. The van der Waals surface area contributed by atoms with Crippen LogP contribution in [0.15, 0.2) is 35.9 Å². The Kier molecular flexibility index (Phi) is 5.19. The van der Waals surface area contributed by atoms with Crippen molar-refractivity contribution in [2.75, 3.05) is 13.1 Å². The molecule has 0 bridgehead atoms. The first kappa shape index (κ1) is 15.0. The van der Waals surface area contributed by atoms with E-state index < -0.39 is 17.8 Å². The quantitative estimate of drug-likeness (QED) is 0.868. The van der Waals surface area contributed by atoms with E-state index in [1.807, 2.05) is 0 Å². The molecule has 2 N–H and O–H groups in total. The number of rotatable bonds is 5. The van der Waals surface area contributed by atoms with Crippen LogP contribution in [-0.4, -0.2) is 18.2 Å². The molecule has 0 radical (unpaired) electrons. The van der Waals surface area contributed by atoms with Crippen LogP contribution in [0.5, 0.6) is 0 Å². The van der Waals surface area contributed by atoms with E-state index in [4.69, 9.17) is 11.6 Å². The van der Waals surface area contributed by atoms with E-state index >= 15 is 0 Å². The van der Waals surface area contributed by atoms with E-state index in [-0.39, 0.29) is 6.54 Å². The standard InChI is InChI=1S/C12H13ClF3NO/c1-8(13)6-17-7-11(18)9-2-4-10(5-3-9)12(14,15)16/h2-5,11,17-18H,1,6-7H2. The number of hydrogen-bond acceptors (Lipinski definition) is 2. The minimum absolute atomic E-state index is 0.192. The predicted molar refractivity (Wildman–Crippen MR) is 64.3 cm³/mol. The fourth-order valence-corrected chi connectivity index (χ4v) is 1.45. The van der Waals surface area contributed by atoms with Gasteiger partial charge in [0.2, 0.25) is 0 Å². The molecule has 1 aromatic rings. The van der Waals surface area contributed by atoms with E-state index in [2.05, 4.69) is 11.9 Å². The van der Waals surface area contributed by atoms with Crippen LogP contribution < -0.4 is 5.32 Å². The molecule has 0 aliphatic heterocycles. The van der Waals surface area contributed by atoms with Crippen LogP contribution in [0.1, 0.15) is 17.2 Å². The van der Waals surface area contributed by atoms with Gasteiger partial charge in [0.15, 0.2) is 0 Å². The van der Waals surface area contributed by atoms with Crippen LogP contribution in [0.4, 0.5) is 13.2 Å². The molecule has 18 heavy (non-hydrogen) atoms. The highest BCUT2D eigenvalue weighted by Gasteiger charge is 2.30. The van der Waals surface area contributed by atoms with E-state index in [0.29, 0.717) is 17.1 Å². The van der Waals surface area contributed by atoms with E-state index in [0.717, 1.165) is 12.1 Å². The van der Waals surface area contributed by atoms with Gasteiger partial charge in [-0.15, -0.1) is 0 Å². The summed E-state index contributed by atoms with van der Waals surface area (Å²) in [7, 11) is 0. The molecular formula is C12H13ClF3NO. The number of alkyl halides is 3. The highest BCUT2D eigenvalue weighted by atomic mass is 35.5. The van der Waals surface area contributed by atoms with Gasteiger partial charge >= 0.3 is 6.18 Å². The Hall–Kier alpha value is -1.04. The van der Waals surface area contributed by atoms with Crippen LogP contribution >= 0.6 is 11.6 Å². The van der Waals surface area contributed by atoms with Crippen molar-refractivity contribution in [3.63, 3.8) is 0 Å². The van der Waals surface area contributed by atoms with Crippen molar-refractivity contribution in [2.45, 2.75) is 12.3 Å². The Morgan fingerprint density at radius 2 is 1.89 bits per heavy atom. The Labute approximate surface area is 108 Å². The Morgan fingerprint density at radius 1 is 1.33 bits per heavy atom. The molecule has 0 aliphatic rings. The summed E-state index contributed by atoms with van der Waals surface area (Å²) in [6.07, 6.45) is -5.25. The minimum atomic E-state index is -4.36. The highest BCUT2D eigenvalue weighted by molar-refractivity contribution is 6.29. The van der Waals surface area contributed by atoms with E-state index in [1.165, 1.54) is 12.1 Å². The molecule has 1 unspecified atom stereocenters. The van der Waals surface area contributed by atoms with Crippen molar-refractivity contribution in [3.8, 4) is 0 Å². The van der Waals surface area contributed by atoms with Gasteiger partial charge in [-0.05, 0) is 17.7 Å². The summed E-state index contributed by atoms with van der Waals surface area (Å²) in [5, 5.41) is 12.9. The molecule has 1 aromatic carbocycles. The molecule has 6 heteroatoms. The topological polar surface area (TPSA) is 32.3 Å². The van der Waals surface area contributed by atoms with Gasteiger partial charge in [0.25, 0.3) is 0 Å². The zero-order chi connectivity index (χ0) is 13.8. The van der Waals surface area contributed by atoms with Crippen molar-refractivity contribution in [2.24, 2.45) is 0 Å². The number of aliphatic hydroxyl groups is 1. The monoisotopic (exact) mass is 279 g/mol. The van der Waals surface area contributed by atoms with Gasteiger partial charge in [-0.2, -0.15) is 13.2 Å². The number of aliphatic hydroxyl groups excluding tert-OH is 1. The van der Waals surface area contributed by atoms with Crippen LogP contribution in [0.25, 0.3) is 0 Å². The average molecular weight is 280 g/mol. The van der Waals surface area contributed by atoms with E-state index in [1.54, 1.807) is 0 Å². The third-order valence-electron chi connectivity index (χ3n) is 2.28. The summed E-state index contributed by atoms with van der Waals surface area (Å²) >= 11 is 5.51. The predicted octanol–water partition coefficient (Wildman–Crippen LogP) is 3.08. The smallest absolute Gasteiger partial charge is 0.387 e. The van der Waals surface area contributed by atoms with E-state index in [9.17, 15) is 18.3 Å². The number of hydrogen-bond donors (Lipinski definition) is 2. The van der Waals surface area contributed by atoms with Crippen LogP contribution in [0, 0.1) is 0 Å². The summed E-state index contributed by atoms with van der Waals surface area (Å²) in [6, 6.07) is 4.40. The first-order valence-corrected chi connectivity index (χ1v) is 5.57. The molecule has 2 nitrogen and oxygen atoms in total. The van der Waals surface area contributed by atoms with Crippen molar-refractivity contribution in [1.29, 1.82) is 0 Å². The maximum Gasteiger partial charge on any atom is 0.416 e. The Balaban J connectivity index is 2.59. The maximum atomic E-state index is 12.3. The molecule has 0 amide bonds. The molecule has 0 fully saturated rings. The molecule has 100 valence electrons. The lowest BCUT2D eigenvalue weighted by molar-refractivity contribution is -0.137. The van der Waals surface area contributed by atoms with Crippen LogP contribution in [-0.2, 0) is 6.18 Å². The summed E-state index contributed by atoms with van der Waals surface area (Å²) < 4.78 is 36.9. The fourth-order valence-electron chi connectivity index (χ4n) is 1.36. The lowest BCUT2D eigenvalue weighted by Gasteiger charge is -2.13. The zero-order valence-electron chi connectivity index (χ0n) is 9.47. The molecule has 0 aromatic heterocycles. The normalized spacial score (nSPS) is 13.4. The molecule has 0 heterocycles. The van der Waals surface area contributed by atoms with Gasteiger partial charge in [0, 0.05) is 18.1 Å². The summed E-state index contributed by atoms with van der Waals surface area (Å²) in [6.45, 7) is 3.98. The number of benzene rings is 1. The molecule has 1 atom stereocenters. The third-order valence-corrected chi connectivity index (χ3v) is 2.41. The zero-order valence-corrected chi connectivity index (χ0v) is 10.2. The number of nitrogens with one attached hydrogen (secondary N) is 1.